The quantitative estimate of drug-likeness (QED) is 0.547. The highest BCUT2D eigenvalue weighted by atomic mass is 16.7. The second-order valence-corrected chi connectivity index (χ2v) is 3.73. The van der Waals surface area contributed by atoms with Crippen molar-refractivity contribution in [3.8, 4) is 0 Å². The summed E-state index contributed by atoms with van der Waals surface area (Å²) < 4.78 is 6.79. The average molecular weight is 238 g/mol. The number of fused-ring (bicyclic) bond motifs is 1. The van der Waals surface area contributed by atoms with Gasteiger partial charge in [0, 0.05) is 19.1 Å². The van der Waals surface area contributed by atoms with Gasteiger partial charge in [-0.2, -0.15) is 0 Å². The van der Waals surface area contributed by atoms with Crippen LogP contribution in [-0.4, -0.2) is 20.6 Å². The first-order valence-corrected chi connectivity index (χ1v) is 4.87. The molecular weight excluding hydrogens is 228 g/mol. The van der Waals surface area contributed by atoms with Gasteiger partial charge in [-0.05, 0) is 6.08 Å². The van der Waals surface area contributed by atoms with E-state index in [0.29, 0.717) is 0 Å². The van der Waals surface area contributed by atoms with Crippen LogP contribution >= 0.6 is 0 Å². The predicted octanol–water partition coefficient (Wildman–Crippen LogP) is -0.0529. The van der Waals surface area contributed by atoms with E-state index >= 15 is 0 Å². The van der Waals surface area contributed by atoms with Gasteiger partial charge in [0.1, 0.15) is 0 Å². The van der Waals surface area contributed by atoms with Gasteiger partial charge in [-0.15, -0.1) is 0 Å². The van der Waals surface area contributed by atoms with Crippen molar-refractivity contribution < 1.29 is 14.6 Å². The maximum absolute atomic E-state index is 11.7. The molecule has 1 N–H and O–H groups in total. The van der Waals surface area contributed by atoms with Crippen LogP contribution in [-0.2, 0) is 17.0 Å². The van der Waals surface area contributed by atoms with E-state index in [1.165, 1.54) is 13.0 Å². The van der Waals surface area contributed by atoms with E-state index in [-0.39, 0.29) is 6.54 Å². The Bertz CT molecular complexity index is 612. The molecular formula is C10H10N2O5. The monoisotopic (exact) mass is 238 g/mol. The van der Waals surface area contributed by atoms with Crippen LogP contribution in [0.25, 0.3) is 0 Å². The molecule has 2 rings (SSSR count). The molecule has 0 saturated heterocycles. The van der Waals surface area contributed by atoms with E-state index in [1.54, 1.807) is 6.08 Å². The maximum atomic E-state index is 11.7. The highest BCUT2D eigenvalue weighted by molar-refractivity contribution is 5.57. The Hall–Kier alpha value is -2.31. The smallest absolute Gasteiger partial charge is 0.450 e. The Labute approximate surface area is 95.1 Å². The zero-order valence-electron chi connectivity index (χ0n) is 8.99. The Kier molecular flexibility index (Phi) is 2.38. The molecule has 0 spiro atoms. The van der Waals surface area contributed by atoms with Crippen LogP contribution in [0.15, 0.2) is 33.9 Å². The van der Waals surface area contributed by atoms with E-state index in [4.69, 9.17) is 5.11 Å². The molecule has 1 atom stereocenters. The van der Waals surface area contributed by atoms with Crippen molar-refractivity contribution >= 4 is 6.16 Å². The van der Waals surface area contributed by atoms with Crippen LogP contribution in [0.3, 0.4) is 0 Å². The van der Waals surface area contributed by atoms with Crippen LogP contribution in [0.1, 0.15) is 6.92 Å². The molecule has 0 saturated carbocycles. The van der Waals surface area contributed by atoms with Crippen molar-refractivity contribution in [2.24, 2.45) is 0 Å². The predicted molar refractivity (Wildman–Crippen MR) is 56.9 cm³/mol. The van der Waals surface area contributed by atoms with Gasteiger partial charge in [0.05, 0.1) is 6.54 Å². The zero-order chi connectivity index (χ0) is 12.6. The first-order chi connectivity index (χ1) is 7.94. The number of aromatic nitrogens is 2. The van der Waals surface area contributed by atoms with Crippen molar-refractivity contribution in [1.29, 1.82) is 0 Å². The lowest BCUT2D eigenvalue weighted by Gasteiger charge is -2.32. The minimum absolute atomic E-state index is 0.202. The summed E-state index contributed by atoms with van der Waals surface area (Å²) in [5, 5.41) is 8.66. The molecule has 90 valence electrons. The lowest BCUT2D eigenvalue weighted by molar-refractivity contribution is -0.0478. The number of rotatable bonds is 1. The third-order valence-electron chi connectivity index (χ3n) is 2.49. The summed E-state index contributed by atoms with van der Waals surface area (Å²) in [5.74, 6) is 0. The molecule has 1 aromatic heterocycles. The van der Waals surface area contributed by atoms with Gasteiger partial charge in [0.15, 0.2) is 0 Å². The largest absolute Gasteiger partial charge is 0.508 e. The average Bonchev–Trinajstić information content (AvgIpc) is 2.22. The van der Waals surface area contributed by atoms with E-state index in [9.17, 15) is 14.4 Å². The van der Waals surface area contributed by atoms with Gasteiger partial charge in [0.2, 0.25) is 5.72 Å². The molecule has 0 radical (unpaired) electrons. The van der Waals surface area contributed by atoms with E-state index in [0.717, 1.165) is 21.5 Å². The highest BCUT2D eigenvalue weighted by Crippen LogP contribution is 2.20. The minimum atomic E-state index is -1.52. The van der Waals surface area contributed by atoms with Gasteiger partial charge in [-0.3, -0.25) is 9.59 Å². The molecule has 0 aromatic carbocycles. The Morgan fingerprint density at radius 2 is 2.06 bits per heavy atom. The molecule has 0 aliphatic carbocycles. The van der Waals surface area contributed by atoms with Crippen LogP contribution in [0.5, 0.6) is 0 Å². The van der Waals surface area contributed by atoms with E-state index in [1.807, 2.05) is 0 Å². The Balaban J connectivity index is 2.70. The fourth-order valence-corrected chi connectivity index (χ4v) is 1.84. The van der Waals surface area contributed by atoms with Crippen LogP contribution in [0.4, 0.5) is 4.79 Å². The van der Waals surface area contributed by atoms with Crippen molar-refractivity contribution in [3.05, 3.63) is 45.0 Å². The van der Waals surface area contributed by atoms with Crippen molar-refractivity contribution in [2.45, 2.75) is 19.2 Å². The molecule has 1 aliphatic heterocycles. The van der Waals surface area contributed by atoms with Gasteiger partial charge in [-0.1, -0.05) is 6.08 Å². The second-order valence-electron chi connectivity index (χ2n) is 3.73. The first-order valence-electron chi connectivity index (χ1n) is 4.87. The van der Waals surface area contributed by atoms with Gasteiger partial charge >= 0.3 is 6.16 Å². The number of hydrogen-bond donors (Lipinski definition) is 1. The number of ether oxygens (including phenoxy) is 1. The van der Waals surface area contributed by atoms with Crippen LogP contribution in [0, 0.1) is 0 Å². The lowest BCUT2D eigenvalue weighted by atomic mass is 10.2. The fraction of sp³-hybridized carbons (Fsp3) is 0.300. The molecule has 1 aromatic rings. The lowest BCUT2D eigenvalue weighted by Crippen LogP contribution is -2.51. The van der Waals surface area contributed by atoms with Crippen LogP contribution in [0.2, 0.25) is 0 Å². The van der Waals surface area contributed by atoms with Gasteiger partial charge in [0.25, 0.3) is 11.1 Å². The van der Waals surface area contributed by atoms with Crippen LogP contribution < -0.4 is 11.1 Å². The summed E-state index contributed by atoms with van der Waals surface area (Å²) in [6.07, 6.45) is 1.49. The number of carboxylic acid groups (broad SMARTS) is 1. The molecule has 0 bridgehead atoms. The summed E-state index contributed by atoms with van der Waals surface area (Å²) in [6, 6.07) is 2.22. The topological polar surface area (TPSA) is 90.5 Å². The summed E-state index contributed by atoms with van der Waals surface area (Å²) in [6.45, 7) is 1.60. The summed E-state index contributed by atoms with van der Waals surface area (Å²) in [4.78, 5) is 33.9. The first kappa shape index (κ1) is 11.2. The van der Waals surface area contributed by atoms with Crippen molar-refractivity contribution in [3.63, 3.8) is 0 Å². The molecule has 7 nitrogen and oxygen atoms in total. The summed E-state index contributed by atoms with van der Waals surface area (Å²) >= 11 is 0. The number of allylic oxidation sites excluding steroid dienone is 1. The minimum Gasteiger partial charge on any atom is -0.450 e. The number of hydrogen-bond acceptors (Lipinski definition) is 4. The fourth-order valence-electron chi connectivity index (χ4n) is 1.84. The van der Waals surface area contributed by atoms with E-state index < -0.39 is 23.0 Å². The van der Waals surface area contributed by atoms with Crippen molar-refractivity contribution in [2.75, 3.05) is 0 Å². The molecule has 7 heteroatoms. The number of nitrogens with zero attached hydrogens (tertiary/aromatic N) is 2. The third kappa shape index (κ3) is 1.75. The maximum Gasteiger partial charge on any atom is 0.508 e. The summed E-state index contributed by atoms with van der Waals surface area (Å²) in [7, 11) is 0. The third-order valence-corrected chi connectivity index (χ3v) is 2.49. The molecule has 2 heterocycles. The number of carbonyl (C=O) groups is 1. The van der Waals surface area contributed by atoms with Gasteiger partial charge < -0.3 is 9.84 Å². The standard InChI is InChI=1S/C10H10N2O5/c1-10(17-9(15)16)5-2-6-11-7(13)3-4-8(14)12(10)11/h2-5H,6H2,1H3,(H,15,16). The molecule has 1 aliphatic rings. The molecule has 1 unspecified atom stereocenters. The van der Waals surface area contributed by atoms with Crippen molar-refractivity contribution in [1.82, 2.24) is 9.36 Å². The zero-order valence-corrected chi connectivity index (χ0v) is 8.99. The second kappa shape index (κ2) is 3.62. The molecule has 0 amide bonds. The molecule has 0 fully saturated rings. The Morgan fingerprint density at radius 3 is 2.71 bits per heavy atom. The Morgan fingerprint density at radius 1 is 1.41 bits per heavy atom. The molecule has 17 heavy (non-hydrogen) atoms. The van der Waals surface area contributed by atoms with E-state index in [2.05, 4.69) is 4.74 Å². The normalized spacial score (nSPS) is 21.9. The van der Waals surface area contributed by atoms with Gasteiger partial charge in [-0.25, -0.2) is 14.2 Å². The summed E-state index contributed by atoms with van der Waals surface area (Å²) in [5.41, 5.74) is -2.39. The SMILES string of the molecule is CC1(OC(=O)O)C=CCn2c(=O)ccc(=O)n21. The highest BCUT2D eigenvalue weighted by Gasteiger charge is 2.33.